The van der Waals surface area contributed by atoms with Crippen LogP contribution in [0.1, 0.15) is 22.8 Å². The molecule has 0 saturated heterocycles. The Hall–Kier alpha value is -2.36. The number of hydrogen-bond acceptors (Lipinski definition) is 2. The van der Waals surface area contributed by atoms with Gasteiger partial charge in [-0.1, -0.05) is 31.2 Å². The molecule has 0 aromatic heterocycles. The third-order valence-electron chi connectivity index (χ3n) is 3.84. The predicted octanol–water partition coefficient (Wildman–Crippen LogP) is 3.85. The summed E-state index contributed by atoms with van der Waals surface area (Å²) in [5.41, 5.74) is 2.28. The number of hydrogen-bond donors (Lipinski definition) is 1. The lowest BCUT2D eigenvalue weighted by atomic mass is 9.93. The first-order valence-corrected chi connectivity index (χ1v) is 6.95. The molecule has 0 bridgehead atoms. The minimum absolute atomic E-state index is 0.263. The fourth-order valence-corrected chi connectivity index (χ4v) is 2.97. The van der Waals surface area contributed by atoms with Crippen LogP contribution >= 0.6 is 0 Å². The van der Waals surface area contributed by atoms with Gasteiger partial charge in [0.25, 0.3) is 0 Å². The van der Waals surface area contributed by atoms with E-state index >= 15 is 0 Å². The van der Waals surface area contributed by atoms with Crippen LogP contribution in [0.4, 0.5) is 15.8 Å². The molecular weight excluding hydrogens is 269 g/mol. The van der Waals surface area contributed by atoms with E-state index in [1.807, 2.05) is 29.2 Å². The van der Waals surface area contributed by atoms with Crippen LogP contribution in [0.2, 0.25) is 0 Å². The summed E-state index contributed by atoms with van der Waals surface area (Å²) in [6, 6.07) is 12.3. The Morgan fingerprint density at radius 2 is 1.90 bits per heavy atom. The molecule has 1 atom stereocenters. The van der Waals surface area contributed by atoms with Gasteiger partial charge >= 0.3 is 5.97 Å². The minimum atomic E-state index is -1.24. The molecule has 3 rings (SSSR count). The number of para-hydroxylation sites is 1. The van der Waals surface area contributed by atoms with Crippen molar-refractivity contribution in [3.05, 3.63) is 59.4 Å². The van der Waals surface area contributed by atoms with Gasteiger partial charge in [-0.2, -0.15) is 0 Å². The summed E-state index contributed by atoms with van der Waals surface area (Å²) < 4.78 is 13.9. The van der Waals surface area contributed by atoms with Gasteiger partial charge in [-0.15, -0.1) is 0 Å². The maximum Gasteiger partial charge on any atom is 0.340 e. The highest BCUT2D eigenvalue weighted by Crippen LogP contribution is 2.37. The molecule has 1 heterocycles. The SMILES string of the molecule is CC1Cc2ccccc2N(c2cccc(F)c2C(=O)O)C1. The number of aromatic carboxylic acids is 1. The molecule has 1 aliphatic heterocycles. The largest absolute Gasteiger partial charge is 0.478 e. The number of rotatable bonds is 2. The zero-order valence-electron chi connectivity index (χ0n) is 11.7. The number of halogens is 1. The number of nitrogens with zero attached hydrogens (tertiary/aromatic N) is 1. The van der Waals surface area contributed by atoms with Crippen molar-refractivity contribution in [1.82, 2.24) is 0 Å². The quantitative estimate of drug-likeness (QED) is 0.911. The van der Waals surface area contributed by atoms with Crippen LogP contribution in [0.5, 0.6) is 0 Å². The molecule has 21 heavy (non-hydrogen) atoms. The van der Waals surface area contributed by atoms with Crippen molar-refractivity contribution in [3.63, 3.8) is 0 Å². The van der Waals surface area contributed by atoms with Crippen LogP contribution in [0.3, 0.4) is 0 Å². The van der Waals surface area contributed by atoms with Gasteiger partial charge in [0.05, 0.1) is 5.69 Å². The summed E-state index contributed by atoms with van der Waals surface area (Å²) in [6.07, 6.45) is 0.949. The number of anilines is 2. The van der Waals surface area contributed by atoms with Gasteiger partial charge in [-0.3, -0.25) is 0 Å². The second-order valence-electron chi connectivity index (χ2n) is 5.49. The van der Waals surface area contributed by atoms with Crippen LogP contribution < -0.4 is 4.90 Å². The van der Waals surface area contributed by atoms with E-state index < -0.39 is 11.8 Å². The third-order valence-corrected chi connectivity index (χ3v) is 3.84. The zero-order chi connectivity index (χ0) is 15.0. The second-order valence-corrected chi connectivity index (χ2v) is 5.49. The monoisotopic (exact) mass is 285 g/mol. The predicted molar refractivity (Wildman–Crippen MR) is 79.7 cm³/mol. The van der Waals surface area contributed by atoms with Crippen LogP contribution in [0.25, 0.3) is 0 Å². The van der Waals surface area contributed by atoms with Gasteiger partial charge in [-0.05, 0) is 36.1 Å². The standard InChI is InChI=1S/C17H16FNO2/c1-11-9-12-5-2-3-7-14(12)19(10-11)15-8-4-6-13(18)16(15)17(20)21/h2-8,11H,9-10H2,1H3,(H,20,21). The van der Waals surface area contributed by atoms with Crippen molar-refractivity contribution >= 4 is 17.3 Å². The van der Waals surface area contributed by atoms with Gasteiger partial charge in [0.15, 0.2) is 0 Å². The highest BCUT2D eigenvalue weighted by atomic mass is 19.1. The van der Waals surface area contributed by atoms with E-state index in [1.165, 1.54) is 6.07 Å². The molecule has 4 heteroatoms. The fourth-order valence-electron chi connectivity index (χ4n) is 2.97. The molecular formula is C17H16FNO2. The Kier molecular flexibility index (Phi) is 3.37. The minimum Gasteiger partial charge on any atom is -0.478 e. The number of fused-ring (bicyclic) bond motifs is 1. The second kappa shape index (κ2) is 5.20. The van der Waals surface area contributed by atoms with Gasteiger partial charge in [0, 0.05) is 12.2 Å². The number of carboxylic acids is 1. The molecule has 1 N–H and O–H groups in total. The molecule has 1 aliphatic rings. The molecule has 0 aliphatic carbocycles. The molecule has 0 fully saturated rings. The van der Waals surface area contributed by atoms with Crippen molar-refractivity contribution < 1.29 is 14.3 Å². The van der Waals surface area contributed by atoms with Gasteiger partial charge in [-0.25, -0.2) is 9.18 Å². The number of benzene rings is 2. The van der Waals surface area contributed by atoms with E-state index in [2.05, 4.69) is 6.92 Å². The first-order chi connectivity index (χ1) is 10.1. The summed E-state index contributed by atoms with van der Waals surface area (Å²) in [4.78, 5) is 13.3. The first-order valence-electron chi connectivity index (χ1n) is 6.95. The number of carbonyl (C=O) groups is 1. The number of carboxylic acid groups (broad SMARTS) is 1. The maximum atomic E-state index is 13.9. The molecule has 108 valence electrons. The molecule has 0 spiro atoms. The highest BCUT2D eigenvalue weighted by Gasteiger charge is 2.27. The highest BCUT2D eigenvalue weighted by molar-refractivity contribution is 5.96. The molecule has 1 unspecified atom stereocenters. The molecule has 0 saturated carbocycles. The lowest BCUT2D eigenvalue weighted by molar-refractivity contribution is 0.0692. The normalized spacial score (nSPS) is 17.4. The Labute approximate surface area is 122 Å². The molecule has 0 amide bonds. The smallest absolute Gasteiger partial charge is 0.340 e. The molecule has 2 aromatic rings. The van der Waals surface area contributed by atoms with Crippen molar-refractivity contribution in [1.29, 1.82) is 0 Å². The topological polar surface area (TPSA) is 40.5 Å². The molecule has 0 radical (unpaired) electrons. The molecule has 3 nitrogen and oxygen atoms in total. The lowest BCUT2D eigenvalue weighted by Crippen LogP contribution is -2.31. The van der Waals surface area contributed by atoms with Crippen molar-refractivity contribution in [3.8, 4) is 0 Å². The van der Waals surface area contributed by atoms with E-state index in [4.69, 9.17) is 0 Å². The van der Waals surface area contributed by atoms with Crippen LogP contribution in [0, 0.1) is 11.7 Å². The van der Waals surface area contributed by atoms with E-state index in [0.717, 1.165) is 17.7 Å². The van der Waals surface area contributed by atoms with Crippen LogP contribution in [-0.4, -0.2) is 17.6 Å². The average molecular weight is 285 g/mol. The van der Waals surface area contributed by atoms with Gasteiger partial charge < -0.3 is 10.0 Å². The van der Waals surface area contributed by atoms with E-state index in [9.17, 15) is 14.3 Å². The van der Waals surface area contributed by atoms with E-state index in [0.29, 0.717) is 18.2 Å². The summed E-state index contributed by atoms with van der Waals surface area (Å²) in [6.45, 7) is 2.80. The Balaban J connectivity index is 2.18. The summed E-state index contributed by atoms with van der Waals surface area (Å²) >= 11 is 0. The average Bonchev–Trinajstić information content (AvgIpc) is 2.45. The zero-order valence-corrected chi connectivity index (χ0v) is 11.7. The van der Waals surface area contributed by atoms with Gasteiger partial charge in [0.1, 0.15) is 11.4 Å². The fraction of sp³-hybridized carbons (Fsp3) is 0.235. The lowest BCUT2D eigenvalue weighted by Gasteiger charge is -2.35. The van der Waals surface area contributed by atoms with Crippen LogP contribution in [0.15, 0.2) is 42.5 Å². The third kappa shape index (κ3) is 2.37. The van der Waals surface area contributed by atoms with Gasteiger partial charge in [0.2, 0.25) is 0 Å². The van der Waals surface area contributed by atoms with E-state index in [-0.39, 0.29) is 5.56 Å². The summed E-state index contributed by atoms with van der Waals surface area (Å²) in [5, 5.41) is 9.32. The Morgan fingerprint density at radius 3 is 2.67 bits per heavy atom. The van der Waals surface area contributed by atoms with Crippen molar-refractivity contribution in [2.24, 2.45) is 5.92 Å². The van der Waals surface area contributed by atoms with Crippen molar-refractivity contribution in [2.45, 2.75) is 13.3 Å². The van der Waals surface area contributed by atoms with E-state index in [1.54, 1.807) is 12.1 Å². The summed E-state index contributed by atoms with van der Waals surface area (Å²) in [7, 11) is 0. The first kappa shape index (κ1) is 13.6. The maximum absolute atomic E-state index is 13.9. The summed E-state index contributed by atoms with van der Waals surface area (Å²) in [5.74, 6) is -1.56. The molecule has 2 aromatic carbocycles. The Bertz CT molecular complexity index is 699. The van der Waals surface area contributed by atoms with Crippen LogP contribution in [-0.2, 0) is 6.42 Å². The Morgan fingerprint density at radius 1 is 1.19 bits per heavy atom. The van der Waals surface area contributed by atoms with Crippen molar-refractivity contribution in [2.75, 3.05) is 11.4 Å².